The molecule has 0 aromatic heterocycles. The van der Waals surface area contributed by atoms with Crippen molar-refractivity contribution in [1.29, 1.82) is 5.26 Å². The minimum Gasteiger partial charge on any atom is -0.482 e. The topological polar surface area (TPSA) is 76.1 Å². The molecule has 1 rings (SSSR count). The maximum absolute atomic E-state index is 10.4. The van der Waals surface area contributed by atoms with E-state index in [1.54, 1.807) is 6.07 Å². The fraction of sp³-hybridized carbons (Fsp3) is 0.111. The summed E-state index contributed by atoms with van der Waals surface area (Å²) in [5.74, 6) is -0.241. The van der Waals surface area contributed by atoms with Gasteiger partial charge in [0, 0.05) is 0 Å². The molecule has 0 aliphatic heterocycles. The minimum absolute atomic E-state index is 0.231. The number of nitrogens with zero attached hydrogens (tertiary/aromatic N) is 1. The first-order valence-corrected chi connectivity index (χ1v) is 4.12. The minimum atomic E-state index is -0.578. The van der Waals surface area contributed by atoms with Crippen molar-refractivity contribution in [1.82, 2.24) is 0 Å². The van der Waals surface area contributed by atoms with Gasteiger partial charge in [-0.05, 0) is 18.2 Å². The third-order valence-corrected chi connectivity index (χ3v) is 1.73. The predicted octanol–water partition coefficient (Wildman–Crippen LogP) is 1.08. The zero-order valence-electron chi connectivity index (χ0n) is 7.16. The number of halogens is 1. The van der Waals surface area contributed by atoms with Crippen molar-refractivity contribution in [3.63, 3.8) is 0 Å². The zero-order valence-corrected chi connectivity index (χ0v) is 7.91. The summed E-state index contributed by atoms with van der Waals surface area (Å²) in [7, 11) is 0. The van der Waals surface area contributed by atoms with Crippen molar-refractivity contribution in [2.24, 2.45) is 5.73 Å². The van der Waals surface area contributed by atoms with Crippen LogP contribution in [0, 0.1) is 11.3 Å². The smallest absolute Gasteiger partial charge is 0.255 e. The van der Waals surface area contributed by atoms with Crippen molar-refractivity contribution in [3.05, 3.63) is 28.8 Å². The van der Waals surface area contributed by atoms with E-state index >= 15 is 0 Å². The molecule has 0 saturated heterocycles. The Morgan fingerprint density at radius 3 is 2.86 bits per heavy atom. The summed E-state index contributed by atoms with van der Waals surface area (Å²) in [5, 5.41) is 8.83. The van der Waals surface area contributed by atoms with Crippen LogP contribution >= 0.6 is 11.6 Å². The molecule has 0 bridgehead atoms. The van der Waals surface area contributed by atoms with Gasteiger partial charge in [-0.15, -0.1) is 0 Å². The molecule has 0 spiro atoms. The molecule has 0 saturated carbocycles. The van der Waals surface area contributed by atoms with Gasteiger partial charge in [-0.3, -0.25) is 4.79 Å². The lowest BCUT2D eigenvalue weighted by atomic mass is 10.2. The number of rotatable bonds is 3. The lowest BCUT2D eigenvalue weighted by molar-refractivity contribution is -0.119. The second kappa shape index (κ2) is 4.49. The fourth-order valence-electron chi connectivity index (χ4n) is 0.836. The Morgan fingerprint density at radius 2 is 2.36 bits per heavy atom. The molecule has 0 atom stereocenters. The molecule has 0 radical (unpaired) electrons. The molecule has 14 heavy (non-hydrogen) atoms. The summed E-state index contributed by atoms with van der Waals surface area (Å²) < 4.78 is 4.98. The second-order valence-corrected chi connectivity index (χ2v) is 2.92. The largest absolute Gasteiger partial charge is 0.482 e. The van der Waals surface area contributed by atoms with Crippen LogP contribution in [0.2, 0.25) is 5.02 Å². The van der Waals surface area contributed by atoms with Crippen LogP contribution in [-0.4, -0.2) is 12.5 Å². The Balaban J connectivity index is 2.80. The van der Waals surface area contributed by atoms with E-state index in [2.05, 4.69) is 0 Å². The van der Waals surface area contributed by atoms with E-state index in [1.807, 2.05) is 6.07 Å². The average Bonchev–Trinajstić information content (AvgIpc) is 2.15. The van der Waals surface area contributed by atoms with Gasteiger partial charge in [0.2, 0.25) is 0 Å². The summed E-state index contributed by atoms with van der Waals surface area (Å²) in [6.07, 6.45) is 0. The summed E-state index contributed by atoms with van der Waals surface area (Å²) in [6, 6.07) is 6.45. The van der Waals surface area contributed by atoms with E-state index in [0.29, 0.717) is 11.3 Å². The van der Waals surface area contributed by atoms with Gasteiger partial charge in [0.05, 0.1) is 16.7 Å². The lowest BCUT2D eigenvalue weighted by Gasteiger charge is -2.05. The maximum atomic E-state index is 10.4. The highest BCUT2D eigenvalue weighted by molar-refractivity contribution is 6.32. The Kier molecular flexibility index (Phi) is 3.32. The Morgan fingerprint density at radius 1 is 1.64 bits per heavy atom. The van der Waals surface area contributed by atoms with Gasteiger partial charge in [-0.1, -0.05) is 11.6 Å². The Hall–Kier alpha value is -1.73. The van der Waals surface area contributed by atoms with E-state index in [1.165, 1.54) is 12.1 Å². The molecule has 5 heteroatoms. The van der Waals surface area contributed by atoms with Crippen molar-refractivity contribution in [3.8, 4) is 11.8 Å². The molecule has 4 nitrogen and oxygen atoms in total. The van der Waals surface area contributed by atoms with Gasteiger partial charge in [-0.25, -0.2) is 0 Å². The predicted molar refractivity (Wildman–Crippen MR) is 50.9 cm³/mol. The van der Waals surface area contributed by atoms with Crippen LogP contribution in [0.5, 0.6) is 5.75 Å². The Bertz CT molecular complexity index is 398. The number of nitriles is 1. The average molecular weight is 211 g/mol. The van der Waals surface area contributed by atoms with Crippen molar-refractivity contribution < 1.29 is 9.53 Å². The molecule has 1 aromatic rings. The third kappa shape index (κ3) is 2.64. The lowest BCUT2D eigenvalue weighted by Crippen LogP contribution is -2.20. The van der Waals surface area contributed by atoms with E-state index in [-0.39, 0.29) is 11.6 Å². The normalized spacial score (nSPS) is 9.14. The highest BCUT2D eigenvalue weighted by atomic mass is 35.5. The first-order chi connectivity index (χ1) is 6.63. The van der Waals surface area contributed by atoms with E-state index < -0.39 is 5.91 Å². The number of benzene rings is 1. The van der Waals surface area contributed by atoms with E-state index in [0.717, 1.165) is 0 Å². The van der Waals surface area contributed by atoms with Crippen LogP contribution in [0.15, 0.2) is 18.2 Å². The molecule has 1 amide bonds. The van der Waals surface area contributed by atoms with Crippen molar-refractivity contribution in [2.75, 3.05) is 6.61 Å². The second-order valence-electron chi connectivity index (χ2n) is 2.51. The number of carbonyl (C=O) groups excluding carboxylic acids is 1. The standard InChI is InChI=1S/C9H7ClN2O2/c10-7-3-6(4-11)1-2-8(7)14-5-9(12)13/h1-3H,5H2,(H2,12,13). The van der Waals surface area contributed by atoms with Crippen LogP contribution in [0.1, 0.15) is 5.56 Å². The summed E-state index contributed by atoms with van der Waals surface area (Å²) in [6.45, 7) is -0.231. The first-order valence-electron chi connectivity index (χ1n) is 3.74. The summed E-state index contributed by atoms with van der Waals surface area (Å²) in [5.41, 5.74) is 5.32. The highest BCUT2D eigenvalue weighted by Gasteiger charge is 2.03. The van der Waals surface area contributed by atoms with Gasteiger partial charge < -0.3 is 10.5 Å². The van der Waals surface area contributed by atoms with Gasteiger partial charge in [-0.2, -0.15) is 5.26 Å². The monoisotopic (exact) mass is 210 g/mol. The molecule has 0 unspecified atom stereocenters. The number of carbonyl (C=O) groups is 1. The number of amides is 1. The van der Waals surface area contributed by atoms with Gasteiger partial charge in [0.1, 0.15) is 5.75 Å². The molecule has 72 valence electrons. The Labute approximate surface area is 85.8 Å². The van der Waals surface area contributed by atoms with Crippen LogP contribution < -0.4 is 10.5 Å². The summed E-state index contributed by atoms with van der Waals surface area (Å²) >= 11 is 5.76. The quantitative estimate of drug-likeness (QED) is 0.811. The van der Waals surface area contributed by atoms with Gasteiger partial charge >= 0.3 is 0 Å². The molecular formula is C9H7ClN2O2. The van der Waals surface area contributed by atoms with E-state index in [4.69, 9.17) is 27.3 Å². The number of ether oxygens (including phenoxy) is 1. The van der Waals surface area contributed by atoms with Crippen LogP contribution in [0.25, 0.3) is 0 Å². The maximum Gasteiger partial charge on any atom is 0.255 e. The summed E-state index contributed by atoms with van der Waals surface area (Å²) in [4.78, 5) is 10.4. The van der Waals surface area contributed by atoms with Crippen LogP contribution in [0.3, 0.4) is 0 Å². The van der Waals surface area contributed by atoms with E-state index in [9.17, 15) is 4.79 Å². The fourth-order valence-corrected chi connectivity index (χ4v) is 1.07. The van der Waals surface area contributed by atoms with Crippen molar-refractivity contribution in [2.45, 2.75) is 0 Å². The third-order valence-electron chi connectivity index (χ3n) is 1.43. The highest BCUT2D eigenvalue weighted by Crippen LogP contribution is 2.24. The SMILES string of the molecule is N#Cc1ccc(OCC(N)=O)c(Cl)c1. The first kappa shape index (κ1) is 10.4. The number of nitrogens with two attached hydrogens (primary N) is 1. The molecule has 0 fully saturated rings. The van der Waals surface area contributed by atoms with Gasteiger partial charge in [0.15, 0.2) is 6.61 Å². The van der Waals surface area contributed by atoms with Crippen LogP contribution in [0.4, 0.5) is 0 Å². The number of primary amides is 1. The molecule has 0 aliphatic rings. The molecule has 1 aromatic carbocycles. The molecule has 0 aliphatic carbocycles. The molecular weight excluding hydrogens is 204 g/mol. The molecule has 0 heterocycles. The molecule has 2 N–H and O–H groups in total. The van der Waals surface area contributed by atoms with Crippen LogP contribution in [-0.2, 0) is 4.79 Å². The number of hydrogen-bond donors (Lipinski definition) is 1. The zero-order chi connectivity index (χ0) is 10.6. The number of hydrogen-bond acceptors (Lipinski definition) is 3. The van der Waals surface area contributed by atoms with Crippen molar-refractivity contribution >= 4 is 17.5 Å². The van der Waals surface area contributed by atoms with Gasteiger partial charge in [0.25, 0.3) is 5.91 Å².